The van der Waals surface area contributed by atoms with Gasteiger partial charge >= 0.3 is 5.97 Å². The van der Waals surface area contributed by atoms with E-state index in [9.17, 15) is 4.79 Å². The standard InChI is InChI=1S/C16H23N5O2/c1-16(2,3)23-14(22)13-10-21(7-6-18-13)15-19-9-11-8-17-5-4-12(11)20-15/h8-9,13,18H,4-7,10H2,1-3H3. The molecule has 7 heteroatoms. The lowest BCUT2D eigenvalue weighted by molar-refractivity contribution is -0.157. The first-order valence-corrected chi connectivity index (χ1v) is 7.99. The van der Waals surface area contributed by atoms with Crippen molar-refractivity contribution in [1.82, 2.24) is 15.3 Å². The van der Waals surface area contributed by atoms with E-state index >= 15 is 0 Å². The molecule has 0 aliphatic carbocycles. The van der Waals surface area contributed by atoms with Crippen LogP contribution in [0, 0.1) is 0 Å². The van der Waals surface area contributed by atoms with Gasteiger partial charge in [0.1, 0.15) is 11.6 Å². The smallest absolute Gasteiger partial charge is 0.325 e. The first-order chi connectivity index (χ1) is 10.9. The Labute approximate surface area is 136 Å². The van der Waals surface area contributed by atoms with Gasteiger partial charge in [-0.1, -0.05) is 0 Å². The van der Waals surface area contributed by atoms with Gasteiger partial charge in [0.15, 0.2) is 0 Å². The van der Waals surface area contributed by atoms with Gasteiger partial charge in [-0.05, 0) is 20.8 Å². The molecule has 1 aromatic heterocycles. The number of ether oxygens (including phenoxy) is 1. The highest BCUT2D eigenvalue weighted by atomic mass is 16.6. The summed E-state index contributed by atoms with van der Waals surface area (Å²) in [5, 5.41) is 3.21. The topological polar surface area (TPSA) is 79.7 Å². The van der Waals surface area contributed by atoms with E-state index in [1.165, 1.54) is 0 Å². The van der Waals surface area contributed by atoms with Gasteiger partial charge in [-0.25, -0.2) is 9.97 Å². The molecular weight excluding hydrogens is 294 g/mol. The molecule has 1 unspecified atom stereocenters. The summed E-state index contributed by atoms with van der Waals surface area (Å²) in [6.45, 7) is 8.38. The third-order valence-electron chi connectivity index (χ3n) is 3.74. The number of rotatable bonds is 2. The molecule has 1 atom stereocenters. The van der Waals surface area contributed by atoms with E-state index in [0.29, 0.717) is 19.0 Å². The molecule has 2 aliphatic rings. The van der Waals surface area contributed by atoms with Crippen molar-refractivity contribution in [3.05, 3.63) is 17.5 Å². The second kappa shape index (κ2) is 6.23. The highest BCUT2D eigenvalue weighted by molar-refractivity contribution is 5.82. The number of nitrogens with one attached hydrogen (secondary N) is 1. The molecule has 23 heavy (non-hydrogen) atoms. The molecule has 1 saturated heterocycles. The fourth-order valence-corrected chi connectivity index (χ4v) is 2.67. The molecule has 3 rings (SSSR count). The van der Waals surface area contributed by atoms with Crippen molar-refractivity contribution in [2.45, 2.75) is 38.8 Å². The van der Waals surface area contributed by atoms with E-state index in [2.05, 4.69) is 20.3 Å². The largest absolute Gasteiger partial charge is 0.459 e. The van der Waals surface area contributed by atoms with Crippen LogP contribution in [-0.2, 0) is 16.0 Å². The minimum Gasteiger partial charge on any atom is -0.459 e. The van der Waals surface area contributed by atoms with E-state index < -0.39 is 5.60 Å². The maximum absolute atomic E-state index is 12.3. The van der Waals surface area contributed by atoms with Crippen LogP contribution in [-0.4, -0.2) is 60.0 Å². The Morgan fingerprint density at radius 2 is 2.26 bits per heavy atom. The van der Waals surface area contributed by atoms with Crippen LogP contribution in [0.3, 0.4) is 0 Å². The maximum Gasteiger partial charge on any atom is 0.325 e. The molecule has 0 bridgehead atoms. The van der Waals surface area contributed by atoms with Crippen LogP contribution >= 0.6 is 0 Å². The van der Waals surface area contributed by atoms with Gasteiger partial charge in [0.05, 0.1) is 5.69 Å². The number of aliphatic imine (C=N–C) groups is 1. The molecule has 0 spiro atoms. The Kier molecular flexibility index (Phi) is 4.30. The Morgan fingerprint density at radius 1 is 1.43 bits per heavy atom. The Morgan fingerprint density at radius 3 is 3.04 bits per heavy atom. The molecule has 1 aromatic rings. The normalized spacial score (nSPS) is 21.0. The van der Waals surface area contributed by atoms with Crippen molar-refractivity contribution >= 4 is 18.1 Å². The summed E-state index contributed by atoms with van der Waals surface area (Å²) in [6, 6.07) is -0.357. The lowest BCUT2D eigenvalue weighted by Crippen LogP contribution is -2.56. The van der Waals surface area contributed by atoms with Crippen molar-refractivity contribution in [3.8, 4) is 0 Å². The summed E-state index contributed by atoms with van der Waals surface area (Å²) < 4.78 is 5.47. The number of carbonyl (C=O) groups excluding carboxylic acids is 1. The lowest BCUT2D eigenvalue weighted by atomic mass is 10.1. The highest BCUT2D eigenvalue weighted by Gasteiger charge is 2.30. The predicted molar refractivity (Wildman–Crippen MR) is 88.0 cm³/mol. The third kappa shape index (κ3) is 3.85. The third-order valence-corrected chi connectivity index (χ3v) is 3.74. The molecule has 0 amide bonds. The fraction of sp³-hybridized carbons (Fsp3) is 0.625. The number of hydrogen-bond donors (Lipinski definition) is 1. The monoisotopic (exact) mass is 317 g/mol. The van der Waals surface area contributed by atoms with Crippen LogP contribution in [0.2, 0.25) is 0 Å². The average Bonchev–Trinajstić information content (AvgIpc) is 2.53. The van der Waals surface area contributed by atoms with Crippen molar-refractivity contribution in [3.63, 3.8) is 0 Å². The summed E-state index contributed by atoms with van der Waals surface area (Å²) in [6.07, 6.45) is 4.47. The number of esters is 1. The quantitative estimate of drug-likeness (QED) is 0.804. The number of carbonyl (C=O) groups is 1. The molecule has 0 saturated carbocycles. The number of anilines is 1. The number of fused-ring (bicyclic) bond motifs is 1. The van der Waals surface area contributed by atoms with E-state index in [0.717, 1.165) is 30.8 Å². The maximum atomic E-state index is 12.3. The van der Waals surface area contributed by atoms with Crippen molar-refractivity contribution in [2.24, 2.45) is 4.99 Å². The minimum atomic E-state index is -0.483. The zero-order valence-electron chi connectivity index (χ0n) is 13.9. The first-order valence-electron chi connectivity index (χ1n) is 7.99. The average molecular weight is 317 g/mol. The number of hydrogen-bond acceptors (Lipinski definition) is 7. The van der Waals surface area contributed by atoms with Crippen molar-refractivity contribution in [1.29, 1.82) is 0 Å². The molecule has 0 aromatic carbocycles. The molecule has 3 heterocycles. The van der Waals surface area contributed by atoms with E-state index in [1.54, 1.807) is 0 Å². The second-order valence-corrected chi connectivity index (χ2v) is 6.84. The number of piperazine rings is 1. The van der Waals surface area contributed by atoms with Crippen LogP contribution in [0.1, 0.15) is 32.0 Å². The van der Waals surface area contributed by atoms with Gasteiger partial charge in [-0.2, -0.15) is 0 Å². The van der Waals surface area contributed by atoms with E-state index in [4.69, 9.17) is 4.74 Å². The molecule has 124 valence electrons. The first kappa shape index (κ1) is 15.9. The molecule has 1 N–H and O–H groups in total. The summed E-state index contributed by atoms with van der Waals surface area (Å²) in [5.74, 6) is 0.446. The molecular formula is C16H23N5O2. The van der Waals surface area contributed by atoms with Gasteiger partial charge in [0.2, 0.25) is 5.95 Å². The number of nitrogens with zero attached hydrogens (tertiary/aromatic N) is 4. The molecule has 1 fully saturated rings. The van der Waals surface area contributed by atoms with Crippen LogP contribution in [0.15, 0.2) is 11.2 Å². The lowest BCUT2D eigenvalue weighted by Gasteiger charge is -2.34. The summed E-state index contributed by atoms with van der Waals surface area (Å²) in [4.78, 5) is 27.6. The predicted octanol–water partition coefficient (Wildman–Crippen LogP) is 0.572. The summed E-state index contributed by atoms with van der Waals surface area (Å²) in [5.41, 5.74) is 1.53. The van der Waals surface area contributed by atoms with Gasteiger partial charge in [-0.15, -0.1) is 0 Å². The number of aromatic nitrogens is 2. The Bertz CT molecular complexity index is 623. The zero-order chi connectivity index (χ0) is 16.4. The summed E-state index contributed by atoms with van der Waals surface area (Å²) >= 11 is 0. The van der Waals surface area contributed by atoms with E-state index in [1.807, 2.05) is 38.1 Å². The van der Waals surface area contributed by atoms with Gasteiger partial charge < -0.3 is 15.0 Å². The van der Waals surface area contributed by atoms with Gasteiger partial charge in [-0.3, -0.25) is 9.79 Å². The highest BCUT2D eigenvalue weighted by Crippen LogP contribution is 2.17. The molecule has 2 aliphatic heterocycles. The van der Waals surface area contributed by atoms with Gasteiger partial charge in [0, 0.05) is 50.6 Å². The van der Waals surface area contributed by atoms with Crippen LogP contribution in [0.4, 0.5) is 5.95 Å². The van der Waals surface area contributed by atoms with Crippen LogP contribution in [0.5, 0.6) is 0 Å². The van der Waals surface area contributed by atoms with Crippen molar-refractivity contribution in [2.75, 3.05) is 31.1 Å². The fourth-order valence-electron chi connectivity index (χ4n) is 2.67. The Balaban J connectivity index is 1.71. The van der Waals surface area contributed by atoms with Crippen LogP contribution in [0.25, 0.3) is 0 Å². The van der Waals surface area contributed by atoms with Crippen LogP contribution < -0.4 is 10.2 Å². The molecule has 0 radical (unpaired) electrons. The Hall–Kier alpha value is -2.02. The van der Waals surface area contributed by atoms with Gasteiger partial charge in [0.25, 0.3) is 0 Å². The second-order valence-electron chi connectivity index (χ2n) is 6.84. The molecule has 7 nitrogen and oxygen atoms in total. The van der Waals surface area contributed by atoms with Crippen molar-refractivity contribution < 1.29 is 9.53 Å². The summed E-state index contributed by atoms with van der Waals surface area (Å²) in [7, 11) is 0. The van der Waals surface area contributed by atoms with E-state index in [-0.39, 0.29) is 12.0 Å². The SMILES string of the molecule is CC(C)(C)OC(=O)C1CN(c2ncc3c(n2)CCN=C3)CCN1. The zero-order valence-corrected chi connectivity index (χ0v) is 13.9. The minimum absolute atomic E-state index is 0.229.